The van der Waals surface area contributed by atoms with E-state index < -0.39 is 5.97 Å². The van der Waals surface area contributed by atoms with Crippen molar-refractivity contribution in [1.29, 1.82) is 0 Å². The molecule has 1 heterocycles. The average molecular weight is 276 g/mol. The highest BCUT2D eigenvalue weighted by Crippen LogP contribution is 2.20. The van der Waals surface area contributed by atoms with E-state index in [1.54, 1.807) is 24.4 Å². The second-order valence-electron chi connectivity index (χ2n) is 4.28. The van der Waals surface area contributed by atoms with E-state index in [9.17, 15) is 9.59 Å². The van der Waals surface area contributed by atoms with Gasteiger partial charge in [-0.15, -0.1) is 0 Å². The Balaban J connectivity index is 2.24. The van der Waals surface area contributed by atoms with Crippen LogP contribution in [0.5, 0.6) is 0 Å². The van der Waals surface area contributed by atoms with E-state index in [1.807, 2.05) is 0 Å². The summed E-state index contributed by atoms with van der Waals surface area (Å²) in [5, 5.41) is 12.3. The van der Waals surface area contributed by atoms with E-state index in [1.165, 1.54) is 7.11 Å². The first-order chi connectivity index (χ1) is 9.67. The number of carbonyl (C=O) groups excluding carboxylic acids is 2. The van der Waals surface area contributed by atoms with Gasteiger partial charge in [0.2, 0.25) is 0 Å². The lowest BCUT2D eigenvalue weighted by Crippen LogP contribution is -2.25. The molecule has 106 valence electrons. The molecule has 2 rings (SSSR count). The van der Waals surface area contributed by atoms with Gasteiger partial charge in [-0.3, -0.25) is 4.79 Å². The molecule has 0 aliphatic heterocycles. The topological polar surface area (TPSA) is 91.4 Å². The van der Waals surface area contributed by atoms with Gasteiger partial charge in [0.1, 0.15) is 0 Å². The van der Waals surface area contributed by atoms with Crippen molar-refractivity contribution in [2.75, 3.05) is 26.8 Å². The highest BCUT2D eigenvalue weighted by atomic mass is 16.5. The van der Waals surface area contributed by atoms with Crippen LogP contribution in [-0.2, 0) is 4.74 Å². The number of ketones is 1. The van der Waals surface area contributed by atoms with E-state index in [0.29, 0.717) is 23.2 Å². The Kier molecular flexibility index (Phi) is 4.49. The van der Waals surface area contributed by atoms with Gasteiger partial charge in [-0.2, -0.15) is 0 Å². The summed E-state index contributed by atoms with van der Waals surface area (Å²) >= 11 is 0. The van der Waals surface area contributed by atoms with Crippen LogP contribution >= 0.6 is 0 Å². The van der Waals surface area contributed by atoms with Crippen LogP contribution in [0.4, 0.5) is 0 Å². The quantitative estimate of drug-likeness (QED) is 0.411. The molecule has 0 aliphatic carbocycles. The minimum Gasteiger partial charge on any atom is -0.465 e. The molecule has 20 heavy (non-hydrogen) atoms. The number of benzene rings is 1. The van der Waals surface area contributed by atoms with Crippen molar-refractivity contribution < 1.29 is 19.4 Å². The Labute approximate surface area is 115 Å². The number of H-pyrrole nitrogens is 1. The molecule has 0 spiro atoms. The van der Waals surface area contributed by atoms with E-state index in [2.05, 4.69) is 15.0 Å². The fourth-order valence-corrected chi connectivity index (χ4v) is 1.98. The van der Waals surface area contributed by atoms with Gasteiger partial charge in [0, 0.05) is 29.2 Å². The predicted octanol–water partition coefficient (Wildman–Crippen LogP) is 0.719. The number of fused-ring (bicyclic) bond motifs is 1. The molecule has 6 nitrogen and oxygen atoms in total. The van der Waals surface area contributed by atoms with Gasteiger partial charge in [0.05, 0.1) is 25.8 Å². The zero-order valence-electron chi connectivity index (χ0n) is 11.1. The summed E-state index contributed by atoms with van der Waals surface area (Å²) in [7, 11) is 1.32. The molecule has 0 fully saturated rings. The largest absolute Gasteiger partial charge is 0.465 e. The van der Waals surface area contributed by atoms with Crippen molar-refractivity contribution in [3.8, 4) is 0 Å². The number of rotatable bonds is 6. The van der Waals surface area contributed by atoms with Crippen molar-refractivity contribution in [3.05, 3.63) is 35.5 Å². The highest BCUT2D eigenvalue weighted by molar-refractivity contribution is 6.09. The zero-order valence-corrected chi connectivity index (χ0v) is 11.1. The molecule has 0 saturated carbocycles. The summed E-state index contributed by atoms with van der Waals surface area (Å²) in [6.45, 7) is 0.524. The van der Waals surface area contributed by atoms with E-state index in [4.69, 9.17) is 5.11 Å². The first kappa shape index (κ1) is 14.2. The number of Topliss-reactive ketones (excluding diaryl/α,β-unsaturated/α-hetero) is 1. The molecule has 0 radical (unpaired) electrons. The molecule has 1 aromatic carbocycles. The number of hydrogen-bond donors (Lipinski definition) is 3. The number of nitrogens with one attached hydrogen (secondary N) is 2. The first-order valence-electron chi connectivity index (χ1n) is 6.21. The lowest BCUT2D eigenvalue weighted by Gasteiger charge is -2.02. The third-order valence-electron chi connectivity index (χ3n) is 2.98. The number of aliphatic hydroxyl groups is 1. The number of carbonyl (C=O) groups is 2. The standard InChI is InChI=1S/C14H16N2O4/c1-20-14(19)9-2-3-10-11(7-16-12(10)6-9)13(18)8-15-4-5-17/h2-3,6-7,15-17H,4-5,8H2,1H3. The van der Waals surface area contributed by atoms with Gasteiger partial charge < -0.3 is 20.1 Å². The number of aliphatic hydroxyl groups excluding tert-OH is 1. The lowest BCUT2D eigenvalue weighted by molar-refractivity contribution is 0.0600. The Morgan fingerprint density at radius 2 is 2.20 bits per heavy atom. The number of methoxy groups -OCH3 is 1. The van der Waals surface area contributed by atoms with Crippen LogP contribution in [0, 0.1) is 0 Å². The monoisotopic (exact) mass is 276 g/mol. The van der Waals surface area contributed by atoms with Gasteiger partial charge in [-0.05, 0) is 12.1 Å². The van der Waals surface area contributed by atoms with Crippen LogP contribution in [0.25, 0.3) is 10.9 Å². The number of aromatic nitrogens is 1. The Morgan fingerprint density at radius 1 is 1.40 bits per heavy atom. The molecule has 3 N–H and O–H groups in total. The number of hydrogen-bond acceptors (Lipinski definition) is 5. The molecular formula is C14H16N2O4. The lowest BCUT2D eigenvalue weighted by atomic mass is 10.1. The zero-order chi connectivity index (χ0) is 14.5. The van der Waals surface area contributed by atoms with E-state index >= 15 is 0 Å². The molecule has 0 saturated heterocycles. The second-order valence-corrected chi connectivity index (χ2v) is 4.28. The number of esters is 1. The van der Waals surface area contributed by atoms with Crippen LogP contribution in [-0.4, -0.2) is 48.6 Å². The van der Waals surface area contributed by atoms with Crippen molar-refractivity contribution in [1.82, 2.24) is 10.3 Å². The van der Waals surface area contributed by atoms with Gasteiger partial charge >= 0.3 is 5.97 Å². The predicted molar refractivity (Wildman–Crippen MR) is 73.9 cm³/mol. The Hall–Kier alpha value is -2.18. The third kappa shape index (κ3) is 2.87. The molecule has 0 atom stereocenters. The molecule has 1 aromatic heterocycles. The molecular weight excluding hydrogens is 260 g/mol. The van der Waals surface area contributed by atoms with Gasteiger partial charge in [-0.1, -0.05) is 6.07 Å². The number of ether oxygens (including phenoxy) is 1. The van der Waals surface area contributed by atoms with E-state index in [-0.39, 0.29) is 18.9 Å². The second kappa shape index (κ2) is 6.31. The fraction of sp³-hybridized carbons (Fsp3) is 0.286. The normalized spacial score (nSPS) is 10.7. The van der Waals surface area contributed by atoms with Crippen molar-refractivity contribution in [2.24, 2.45) is 0 Å². The minimum absolute atomic E-state index is 0.0103. The Bertz CT molecular complexity index is 633. The molecule has 0 aliphatic rings. The fourth-order valence-electron chi connectivity index (χ4n) is 1.98. The maximum atomic E-state index is 12.0. The maximum Gasteiger partial charge on any atom is 0.337 e. The summed E-state index contributed by atoms with van der Waals surface area (Å²) in [4.78, 5) is 26.4. The molecule has 0 amide bonds. The molecule has 6 heteroatoms. The smallest absolute Gasteiger partial charge is 0.337 e. The summed E-state index contributed by atoms with van der Waals surface area (Å²) in [5.41, 5.74) is 1.69. The highest BCUT2D eigenvalue weighted by Gasteiger charge is 2.13. The summed E-state index contributed by atoms with van der Waals surface area (Å²) in [6.07, 6.45) is 1.62. The van der Waals surface area contributed by atoms with Crippen LogP contribution in [0.15, 0.2) is 24.4 Å². The van der Waals surface area contributed by atoms with Crippen molar-refractivity contribution in [3.63, 3.8) is 0 Å². The average Bonchev–Trinajstić information content (AvgIpc) is 2.89. The first-order valence-corrected chi connectivity index (χ1v) is 6.21. The van der Waals surface area contributed by atoms with Gasteiger partial charge in [0.25, 0.3) is 0 Å². The van der Waals surface area contributed by atoms with Crippen LogP contribution in [0.3, 0.4) is 0 Å². The van der Waals surface area contributed by atoms with E-state index in [0.717, 1.165) is 5.39 Å². The van der Waals surface area contributed by atoms with Crippen LogP contribution in [0.1, 0.15) is 20.7 Å². The van der Waals surface area contributed by atoms with Crippen LogP contribution in [0.2, 0.25) is 0 Å². The molecule has 2 aromatic rings. The van der Waals surface area contributed by atoms with Crippen molar-refractivity contribution in [2.45, 2.75) is 0 Å². The molecule has 0 unspecified atom stereocenters. The Morgan fingerprint density at radius 3 is 2.90 bits per heavy atom. The van der Waals surface area contributed by atoms with Gasteiger partial charge in [0.15, 0.2) is 5.78 Å². The summed E-state index contributed by atoms with van der Waals surface area (Å²) in [5.74, 6) is -0.491. The van der Waals surface area contributed by atoms with Crippen LogP contribution < -0.4 is 5.32 Å². The summed E-state index contributed by atoms with van der Waals surface area (Å²) < 4.78 is 4.65. The minimum atomic E-state index is -0.418. The molecule has 0 bridgehead atoms. The summed E-state index contributed by atoms with van der Waals surface area (Å²) in [6, 6.07) is 5.00. The maximum absolute atomic E-state index is 12.0. The third-order valence-corrected chi connectivity index (χ3v) is 2.98. The number of aromatic amines is 1. The van der Waals surface area contributed by atoms with Crippen molar-refractivity contribution >= 4 is 22.7 Å². The van der Waals surface area contributed by atoms with Gasteiger partial charge in [-0.25, -0.2) is 4.79 Å². The SMILES string of the molecule is COC(=O)c1ccc2c(C(=O)CNCCO)c[nH]c2c1.